The Morgan fingerprint density at radius 1 is 1.36 bits per heavy atom. The van der Waals surface area contributed by atoms with Gasteiger partial charge in [-0.3, -0.25) is 0 Å². The molecule has 3 nitrogen and oxygen atoms in total. The standard InChI is InChI=1S/C22H32O3/c1-6-8-12-21(13-9-7-2)15-18-14-19(25-16-24-5)10-11-20(18)22(21,23)17(3)4/h6,10-11,14,23H,1,3,7-9,12-13,15-16H2,2,4-5H3. The van der Waals surface area contributed by atoms with Gasteiger partial charge in [0.25, 0.3) is 0 Å². The second-order valence-electron chi connectivity index (χ2n) is 7.25. The number of allylic oxidation sites excluding steroid dienone is 1. The fourth-order valence-corrected chi connectivity index (χ4v) is 4.30. The van der Waals surface area contributed by atoms with Gasteiger partial charge in [-0.1, -0.05) is 38.5 Å². The van der Waals surface area contributed by atoms with Crippen molar-refractivity contribution in [2.24, 2.45) is 5.41 Å². The summed E-state index contributed by atoms with van der Waals surface area (Å²) in [5.41, 5.74) is 1.71. The lowest BCUT2D eigenvalue weighted by molar-refractivity contribution is -0.0574. The minimum Gasteiger partial charge on any atom is -0.468 e. The van der Waals surface area contributed by atoms with Crippen LogP contribution in [0.4, 0.5) is 0 Å². The first-order valence-corrected chi connectivity index (χ1v) is 9.19. The van der Waals surface area contributed by atoms with Gasteiger partial charge in [-0.2, -0.15) is 0 Å². The Balaban J connectivity index is 2.48. The monoisotopic (exact) mass is 344 g/mol. The molecule has 0 amide bonds. The van der Waals surface area contributed by atoms with Crippen LogP contribution in [0.2, 0.25) is 0 Å². The van der Waals surface area contributed by atoms with Crippen molar-refractivity contribution in [1.29, 1.82) is 0 Å². The van der Waals surface area contributed by atoms with E-state index < -0.39 is 5.60 Å². The van der Waals surface area contributed by atoms with E-state index in [9.17, 15) is 5.11 Å². The molecule has 138 valence electrons. The summed E-state index contributed by atoms with van der Waals surface area (Å²) in [5, 5.41) is 11.9. The predicted molar refractivity (Wildman–Crippen MR) is 103 cm³/mol. The van der Waals surface area contributed by atoms with E-state index >= 15 is 0 Å². The molecule has 0 aromatic heterocycles. The van der Waals surface area contributed by atoms with Gasteiger partial charge in [0.2, 0.25) is 0 Å². The average molecular weight is 344 g/mol. The third-order valence-electron chi connectivity index (χ3n) is 5.56. The molecule has 2 atom stereocenters. The maximum absolute atomic E-state index is 11.9. The number of hydrogen-bond acceptors (Lipinski definition) is 3. The van der Waals surface area contributed by atoms with Crippen LogP contribution in [-0.2, 0) is 16.8 Å². The highest BCUT2D eigenvalue weighted by Crippen LogP contribution is 2.59. The number of ether oxygens (including phenoxy) is 2. The molecule has 1 aliphatic carbocycles. The maximum atomic E-state index is 11.9. The van der Waals surface area contributed by atoms with Crippen LogP contribution in [0.15, 0.2) is 43.0 Å². The average Bonchev–Trinajstić information content (AvgIpc) is 2.86. The van der Waals surface area contributed by atoms with Crippen LogP contribution in [0, 0.1) is 5.41 Å². The van der Waals surface area contributed by atoms with E-state index in [1.165, 1.54) is 0 Å². The van der Waals surface area contributed by atoms with Gasteiger partial charge < -0.3 is 14.6 Å². The number of unbranched alkanes of at least 4 members (excludes halogenated alkanes) is 1. The molecule has 0 heterocycles. The largest absolute Gasteiger partial charge is 0.468 e. The lowest BCUT2D eigenvalue weighted by Gasteiger charge is -2.44. The Morgan fingerprint density at radius 2 is 2.12 bits per heavy atom. The Bertz CT molecular complexity index is 622. The first-order chi connectivity index (χ1) is 11.9. The molecule has 0 aliphatic heterocycles. The van der Waals surface area contributed by atoms with Crippen LogP contribution in [0.5, 0.6) is 5.75 Å². The molecule has 2 unspecified atom stereocenters. The van der Waals surface area contributed by atoms with Crippen LogP contribution in [0.3, 0.4) is 0 Å². The molecule has 25 heavy (non-hydrogen) atoms. The van der Waals surface area contributed by atoms with E-state index in [1.54, 1.807) is 7.11 Å². The van der Waals surface area contributed by atoms with E-state index in [-0.39, 0.29) is 12.2 Å². The molecule has 0 saturated carbocycles. The first kappa shape index (κ1) is 19.7. The Hall–Kier alpha value is -1.58. The minimum atomic E-state index is -1.000. The molecule has 0 fully saturated rings. The fraction of sp³-hybridized carbons (Fsp3) is 0.545. The summed E-state index contributed by atoms with van der Waals surface area (Å²) in [6, 6.07) is 5.95. The van der Waals surface area contributed by atoms with Crippen molar-refractivity contribution < 1.29 is 14.6 Å². The van der Waals surface area contributed by atoms with E-state index in [0.29, 0.717) is 0 Å². The number of hydrogen-bond donors (Lipinski definition) is 1. The Morgan fingerprint density at radius 3 is 2.72 bits per heavy atom. The summed E-state index contributed by atoms with van der Waals surface area (Å²) in [7, 11) is 1.61. The zero-order valence-electron chi connectivity index (χ0n) is 15.9. The van der Waals surface area contributed by atoms with Gasteiger partial charge in [-0.15, -0.1) is 6.58 Å². The zero-order chi connectivity index (χ0) is 18.5. The van der Waals surface area contributed by atoms with Gasteiger partial charge in [0.1, 0.15) is 11.4 Å². The van der Waals surface area contributed by atoms with Gasteiger partial charge in [-0.05, 0) is 61.4 Å². The van der Waals surface area contributed by atoms with Crippen LogP contribution >= 0.6 is 0 Å². The number of aliphatic hydroxyl groups is 1. The van der Waals surface area contributed by atoms with Crippen LogP contribution in [0.1, 0.15) is 57.1 Å². The van der Waals surface area contributed by atoms with Crippen molar-refractivity contribution in [1.82, 2.24) is 0 Å². The second-order valence-corrected chi connectivity index (χ2v) is 7.25. The van der Waals surface area contributed by atoms with Gasteiger partial charge in [0.05, 0.1) is 0 Å². The third kappa shape index (κ3) is 3.54. The Kier molecular flexibility index (Phi) is 6.47. The SMILES string of the molecule is C=CCCC1(CCCC)Cc2cc(OCOC)ccc2C1(O)C(=C)C. The molecule has 3 heteroatoms. The van der Waals surface area contributed by atoms with E-state index in [0.717, 1.165) is 61.0 Å². The van der Waals surface area contributed by atoms with E-state index in [1.807, 2.05) is 31.2 Å². The van der Waals surface area contributed by atoms with Crippen LogP contribution in [-0.4, -0.2) is 19.0 Å². The maximum Gasteiger partial charge on any atom is 0.188 e. The molecule has 0 bridgehead atoms. The predicted octanol–water partition coefficient (Wildman–Crippen LogP) is 5.13. The smallest absolute Gasteiger partial charge is 0.188 e. The molecule has 1 aromatic carbocycles. The summed E-state index contributed by atoms with van der Waals surface area (Å²) in [6.07, 6.45) is 7.76. The quantitative estimate of drug-likeness (QED) is 0.472. The van der Waals surface area contributed by atoms with Crippen molar-refractivity contribution in [3.63, 3.8) is 0 Å². The van der Waals surface area contributed by atoms with Crippen molar-refractivity contribution in [2.45, 2.75) is 58.0 Å². The molecule has 1 aromatic rings. The molecular formula is C22H32O3. The molecule has 0 radical (unpaired) electrons. The highest BCUT2D eigenvalue weighted by Gasteiger charge is 2.56. The van der Waals surface area contributed by atoms with Gasteiger partial charge in [0.15, 0.2) is 6.79 Å². The van der Waals surface area contributed by atoms with E-state index in [4.69, 9.17) is 9.47 Å². The lowest BCUT2D eigenvalue weighted by Crippen LogP contribution is -2.43. The van der Waals surface area contributed by atoms with Crippen molar-refractivity contribution in [2.75, 3.05) is 13.9 Å². The lowest BCUT2D eigenvalue weighted by atomic mass is 9.64. The summed E-state index contributed by atoms with van der Waals surface area (Å²) in [5.74, 6) is 0.777. The summed E-state index contributed by atoms with van der Waals surface area (Å²) in [6.45, 7) is 12.4. The third-order valence-corrected chi connectivity index (χ3v) is 5.56. The molecule has 2 rings (SSSR count). The molecule has 1 aliphatic rings. The highest BCUT2D eigenvalue weighted by molar-refractivity contribution is 5.49. The number of rotatable bonds is 10. The van der Waals surface area contributed by atoms with Crippen molar-refractivity contribution >= 4 is 0 Å². The van der Waals surface area contributed by atoms with Crippen molar-refractivity contribution in [3.8, 4) is 5.75 Å². The number of fused-ring (bicyclic) bond motifs is 1. The molecule has 0 spiro atoms. The summed E-state index contributed by atoms with van der Waals surface area (Å²) >= 11 is 0. The highest BCUT2D eigenvalue weighted by atomic mass is 16.7. The molecule has 0 saturated heterocycles. The first-order valence-electron chi connectivity index (χ1n) is 9.19. The van der Waals surface area contributed by atoms with Crippen LogP contribution in [0.25, 0.3) is 0 Å². The van der Waals surface area contributed by atoms with Gasteiger partial charge in [-0.25, -0.2) is 0 Å². The minimum absolute atomic E-state index is 0.223. The fourth-order valence-electron chi connectivity index (χ4n) is 4.30. The topological polar surface area (TPSA) is 38.7 Å². The van der Waals surface area contributed by atoms with Gasteiger partial charge >= 0.3 is 0 Å². The van der Waals surface area contributed by atoms with Crippen LogP contribution < -0.4 is 4.74 Å². The summed E-state index contributed by atoms with van der Waals surface area (Å²) < 4.78 is 10.6. The zero-order valence-corrected chi connectivity index (χ0v) is 15.9. The molecule has 1 N–H and O–H groups in total. The normalized spacial score (nSPS) is 24.8. The Labute approximate surface area is 152 Å². The van der Waals surface area contributed by atoms with Crippen molar-refractivity contribution in [3.05, 3.63) is 54.1 Å². The van der Waals surface area contributed by atoms with E-state index in [2.05, 4.69) is 20.1 Å². The summed E-state index contributed by atoms with van der Waals surface area (Å²) in [4.78, 5) is 0. The number of methoxy groups -OCH3 is 1. The second kappa shape index (κ2) is 8.20. The molecular weight excluding hydrogens is 312 g/mol. The number of benzene rings is 1. The van der Waals surface area contributed by atoms with Gasteiger partial charge in [0, 0.05) is 12.5 Å².